The van der Waals surface area contributed by atoms with Crippen LogP contribution in [0.4, 0.5) is 5.95 Å². The highest BCUT2D eigenvalue weighted by Gasteiger charge is 2.33. The fraction of sp³-hybridized carbons (Fsp3) is 0.808. The van der Waals surface area contributed by atoms with Crippen molar-refractivity contribution in [3.63, 3.8) is 0 Å². The molecular formula is C26H45N5O. The third kappa shape index (κ3) is 6.28. The molecule has 2 fully saturated rings. The van der Waals surface area contributed by atoms with Crippen molar-refractivity contribution in [2.24, 2.45) is 17.8 Å². The molecule has 0 radical (unpaired) electrons. The van der Waals surface area contributed by atoms with Gasteiger partial charge in [0.1, 0.15) is 5.78 Å². The van der Waals surface area contributed by atoms with Crippen molar-refractivity contribution >= 4 is 11.7 Å². The van der Waals surface area contributed by atoms with E-state index in [1.165, 1.54) is 18.4 Å². The lowest BCUT2D eigenvalue weighted by molar-refractivity contribution is -0.127. The second kappa shape index (κ2) is 11.6. The summed E-state index contributed by atoms with van der Waals surface area (Å²) in [6.45, 7) is 12.7. The molecule has 1 aromatic rings. The maximum absolute atomic E-state index is 12.3. The Bertz CT molecular complexity index is 699. The van der Waals surface area contributed by atoms with Gasteiger partial charge in [0.2, 0.25) is 5.95 Å². The van der Waals surface area contributed by atoms with Crippen molar-refractivity contribution < 1.29 is 4.79 Å². The summed E-state index contributed by atoms with van der Waals surface area (Å²) in [6, 6.07) is 0.954. The molecule has 2 aliphatic rings. The summed E-state index contributed by atoms with van der Waals surface area (Å²) in [6.07, 6.45) is 10.7. The second-order valence-electron chi connectivity index (χ2n) is 10.6. The lowest BCUT2D eigenvalue weighted by Crippen LogP contribution is -2.58. The van der Waals surface area contributed by atoms with E-state index in [4.69, 9.17) is 9.97 Å². The van der Waals surface area contributed by atoms with Gasteiger partial charge in [-0.1, -0.05) is 27.7 Å². The van der Waals surface area contributed by atoms with E-state index < -0.39 is 0 Å². The van der Waals surface area contributed by atoms with Crippen molar-refractivity contribution in [1.29, 1.82) is 0 Å². The molecule has 6 nitrogen and oxygen atoms in total. The lowest BCUT2D eigenvalue weighted by Gasteiger charge is -2.45. The van der Waals surface area contributed by atoms with Gasteiger partial charge in [0.25, 0.3) is 0 Å². The van der Waals surface area contributed by atoms with E-state index in [0.29, 0.717) is 29.7 Å². The molecule has 180 valence electrons. The summed E-state index contributed by atoms with van der Waals surface area (Å²) in [5, 5.41) is 0. The molecule has 6 heteroatoms. The predicted octanol–water partition coefficient (Wildman–Crippen LogP) is 4.25. The molecule has 2 unspecified atom stereocenters. The van der Waals surface area contributed by atoms with E-state index in [2.05, 4.69) is 42.6 Å². The van der Waals surface area contributed by atoms with E-state index in [0.717, 1.165) is 57.8 Å². The van der Waals surface area contributed by atoms with Crippen molar-refractivity contribution in [3.05, 3.63) is 18.0 Å². The number of piperazine rings is 1. The molecule has 32 heavy (non-hydrogen) atoms. The van der Waals surface area contributed by atoms with Gasteiger partial charge in [-0.25, -0.2) is 9.97 Å². The van der Waals surface area contributed by atoms with Crippen molar-refractivity contribution in [2.75, 3.05) is 38.6 Å². The third-order valence-corrected chi connectivity index (χ3v) is 7.54. The Morgan fingerprint density at radius 3 is 2.12 bits per heavy atom. The third-order valence-electron chi connectivity index (χ3n) is 7.54. The van der Waals surface area contributed by atoms with Crippen LogP contribution in [0.1, 0.15) is 71.8 Å². The van der Waals surface area contributed by atoms with Gasteiger partial charge in [-0.15, -0.1) is 0 Å². The number of anilines is 1. The molecule has 0 spiro atoms. The van der Waals surface area contributed by atoms with Crippen LogP contribution in [0, 0.1) is 17.8 Å². The SMILES string of the molecule is CCC1CN(C)CC(CC)N1c1ncc(CN(C)CC2CCC(C(=O)C(C)C)CC2)cn1. The minimum Gasteiger partial charge on any atom is -0.332 e. The maximum Gasteiger partial charge on any atom is 0.225 e. The van der Waals surface area contributed by atoms with Crippen molar-refractivity contribution in [3.8, 4) is 0 Å². The van der Waals surface area contributed by atoms with Crippen LogP contribution in [-0.4, -0.2) is 71.4 Å². The average Bonchev–Trinajstić information content (AvgIpc) is 2.79. The second-order valence-corrected chi connectivity index (χ2v) is 10.6. The molecule has 1 aromatic heterocycles. The van der Waals surface area contributed by atoms with E-state index in [9.17, 15) is 4.79 Å². The molecule has 2 atom stereocenters. The van der Waals surface area contributed by atoms with Crippen LogP contribution in [0.25, 0.3) is 0 Å². The summed E-state index contributed by atoms with van der Waals surface area (Å²) >= 11 is 0. The molecule has 1 saturated carbocycles. The molecule has 0 aromatic carbocycles. The number of aromatic nitrogens is 2. The number of hydrogen-bond donors (Lipinski definition) is 0. The topological polar surface area (TPSA) is 52.6 Å². The quantitative estimate of drug-likeness (QED) is 0.569. The van der Waals surface area contributed by atoms with Crippen LogP contribution in [0.2, 0.25) is 0 Å². The summed E-state index contributed by atoms with van der Waals surface area (Å²) in [5.41, 5.74) is 1.18. The first-order valence-electron chi connectivity index (χ1n) is 12.8. The summed E-state index contributed by atoms with van der Waals surface area (Å²) in [7, 11) is 4.41. The van der Waals surface area contributed by atoms with Gasteiger partial charge in [0.15, 0.2) is 0 Å². The van der Waals surface area contributed by atoms with Crippen LogP contribution in [0.3, 0.4) is 0 Å². The number of Topliss-reactive ketones (excluding diaryl/α,β-unsaturated/α-hetero) is 1. The van der Waals surface area contributed by atoms with Gasteiger partial charge < -0.3 is 14.7 Å². The molecule has 1 aliphatic heterocycles. The van der Waals surface area contributed by atoms with E-state index in [1.54, 1.807) is 0 Å². The zero-order valence-corrected chi connectivity index (χ0v) is 21.3. The van der Waals surface area contributed by atoms with Crippen LogP contribution in [-0.2, 0) is 11.3 Å². The molecule has 2 heterocycles. The number of carbonyl (C=O) groups excluding carboxylic acids is 1. The van der Waals surface area contributed by atoms with E-state index in [1.807, 2.05) is 26.2 Å². The number of hydrogen-bond acceptors (Lipinski definition) is 6. The van der Waals surface area contributed by atoms with Gasteiger partial charge in [-0.05, 0) is 58.5 Å². The number of likely N-dealkylation sites (N-methyl/N-ethyl adjacent to an activating group) is 1. The van der Waals surface area contributed by atoms with E-state index in [-0.39, 0.29) is 5.92 Å². The first-order valence-corrected chi connectivity index (χ1v) is 12.8. The minimum absolute atomic E-state index is 0.174. The largest absolute Gasteiger partial charge is 0.332 e. The van der Waals surface area contributed by atoms with Gasteiger partial charge in [0.05, 0.1) is 0 Å². The van der Waals surface area contributed by atoms with Crippen LogP contribution >= 0.6 is 0 Å². The zero-order valence-electron chi connectivity index (χ0n) is 21.3. The Hall–Kier alpha value is -1.53. The molecule has 3 rings (SSSR count). The minimum atomic E-state index is 0.174. The molecule has 1 saturated heterocycles. The van der Waals surface area contributed by atoms with Gasteiger partial charge in [0, 0.05) is 68.1 Å². The van der Waals surface area contributed by atoms with Crippen LogP contribution < -0.4 is 4.90 Å². The van der Waals surface area contributed by atoms with Crippen LogP contribution in [0.5, 0.6) is 0 Å². The summed E-state index contributed by atoms with van der Waals surface area (Å²) < 4.78 is 0. The molecule has 0 amide bonds. The number of nitrogens with zero attached hydrogens (tertiary/aromatic N) is 5. The Morgan fingerprint density at radius 1 is 1.06 bits per heavy atom. The highest BCUT2D eigenvalue weighted by atomic mass is 16.1. The van der Waals surface area contributed by atoms with Gasteiger partial charge in [-0.3, -0.25) is 4.79 Å². The fourth-order valence-corrected chi connectivity index (χ4v) is 5.73. The highest BCUT2D eigenvalue weighted by Crippen LogP contribution is 2.31. The van der Waals surface area contributed by atoms with Gasteiger partial charge >= 0.3 is 0 Å². The number of ketones is 1. The Labute approximate surface area is 195 Å². The summed E-state index contributed by atoms with van der Waals surface area (Å²) in [5.74, 6) is 2.51. The smallest absolute Gasteiger partial charge is 0.225 e. The molecule has 0 bridgehead atoms. The van der Waals surface area contributed by atoms with Crippen LogP contribution in [0.15, 0.2) is 12.4 Å². The molecular weight excluding hydrogens is 398 g/mol. The highest BCUT2D eigenvalue weighted by molar-refractivity contribution is 5.82. The first kappa shape index (κ1) is 25.1. The van der Waals surface area contributed by atoms with Gasteiger partial charge in [-0.2, -0.15) is 0 Å². The molecule has 1 aliphatic carbocycles. The monoisotopic (exact) mass is 443 g/mol. The van der Waals surface area contributed by atoms with Crippen molar-refractivity contribution in [1.82, 2.24) is 19.8 Å². The van der Waals surface area contributed by atoms with E-state index >= 15 is 0 Å². The Kier molecular flexibility index (Phi) is 9.06. The Morgan fingerprint density at radius 2 is 1.62 bits per heavy atom. The Balaban J connectivity index is 1.52. The van der Waals surface area contributed by atoms with Crippen molar-refractivity contribution in [2.45, 2.75) is 84.8 Å². The fourth-order valence-electron chi connectivity index (χ4n) is 5.73. The summed E-state index contributed by atoms with van der Waals surface area (Å²) in [4.78, 5) is 29.2. The number of rotatable bonds is 9. The standard InChI is InChI=1S/C26H45N5O/c1-7-23-17-30(6)18-24(8-2)31(23)26-27-13-21(14-28-26)16-29(5)15-20-9-11-22(12-10-20)25(32)19(3)4/h13-14,19-20,22-24H,7-12,15-18H2,1-6H3. The predicted molar refractivity (Wildman–Crippen MR) is 132 cm³/mol. The molecule has 0 N–H and O–H groups in total. The number of carbonyl (C=O) groups is 1. The lowest BCUT2D eigenvalue weighted by atomic mass is 9.77. The zero-order chi connectivity index (χ0) is 23.3. The first-order chi connectivity index (χ1) is 15.3. The maximum atomic E-state index is 12.3. The normalized spacial score (nSPS) is 27.3. The average molecular weight is 444 g/mol.